The summed E-state index contributed by atoms with van der Waals surface area (Å²) < 4.78 is 2.42. The highest BCUT2D eigenvalue weighted by Crippen LogP contribution is 2.39. The second-order valence-electron chi connectivity index (χ2n) is 13.5. The molecule has 242 valence electrons. The summed E-state index contributed by atoms with van der Waals surface area (Å²) in [4.78, 5) is 2.37. The number of benzene rings is 5. The molecule has 0 unspecified atom stereocenters. The SMILES string of the molecule is C1=CCCC(c2ccc(N(c3ccc(C4=CCCC=C4)cc3)c3ccc(-c4ccc(-n5c6c(c7ccccc75)CCC=C6)cc4)cc3)cc2)=C1. The Bertz CT molecular complexity index is 2320. The quantitative estimate of drug-likeness (QED) is 0.168. The van der Waals surface area contributed by atoms with Gasteiger partial charge in [-0.1, -0.05) is 109 Å². The molecule has 3 aliphatic rings. The monoisotopic (exact) mass is 644 g/mol. The molecule has 2 heteroatoms. The van der Waals surface area contributed by atoms with Crippen molar-refractivity contribution in [1.82, 2.24) is 4.57 Å². The molecule has 2 nitrogen and oxygen atoms in total. The van der Waals surface area contributed by atoms with Crippen LogP contribution in [0.15, 0.2) is 164 Å². The van der Waals surface area contributed by atoms with Crippen LogP contribution in [-0.4, -0.2) is 4.57 Å². The molecule has 1 heterocycles. The largest absolute Gasteiger partial charge is 0.311 e. The van der Waals surface area contributed by atoms with E-state index in [9.17, 15) is 0 Å². The number of anilines is 3. The topological polar surface area (TPSA) is 8.17 Å². The van der Waals surface area contributed by atoms with Gasteiger partial charge in [0.15, 0.2) is 0 Å². The van der Waals surface area contributed by atoms with Crippen molar-refractivity contribution in [2.45, 2.75) is 38.5 Å². The van der Waals surface area contributed by atoms with Crippen LogP contribution in [0.25, 0.3) is 44.9 Å². The Morgan fingerprint density at radius 2 is 1.12 bits per heavy atom. The Kier molecular flexibility index (Phi) is 7.99. The van der Waals surface area contributed by atoms with E-state index < -0.39 is 0 Å². The Balaban J connectivity index is 1.04. The molecule has 0 bridgehead atoms. The normalized spacial score (nSPS) is 15.1. The smallest absolute Gasteiger partial charge is 0.0537 e. The van der Waals surface area contributed by atoms with Gasteiger partial charge in [-0.3, -0.25) is 0 Å². The molecular formula is C48H40N2. The number of hydrogen-bond donors (Lipinski definition) is 0. The number of rotatable bonds is 7. The van der Waals surface area contributed by atoms with Gasteiger partial charge >= 0.3 is 0 Å². The Morgan fingerprint density at radius 3 is 1.78 bits per heavy atom. The van der Waals surface area contributed by atoms with E-state index in [1.54, 1.807) is 0 Å². The van der Waals surface area contributed by atoms with Crippen LogP contribution in [0.1, 0.15) is 54.5 Å². The minimum absolute atomic E-state index is 1.09. The summed E-state index contributed by atoms with van der Waals surface area (Å²) in [6.07, 6.45) is 24.8. The molecule has 0 fully saturated rings. The zero-order valence-corrected chi connectivity index (χ0v) is 28.3. The van der Waals surface area contributed by atoms with E-state index in [0.29, 0.717) is 0 Å². The van der Waals surface area contributed by atoms with Crippen molar-refractivity contribution >= 4 is 45.2 Å². The fourth-order valence-electron chi connectivity index (χ4n) is 7.82. The Hall–Kier alpha value is -5.86. The van der Waals surface area contributed by atoms with Gasteiger partial charge in [0.1, 0.15) is 0 Å². The molecule has 0 saturated heterocycles. The average Bonchev–Trinajstić information content (AvgIpc) is 3.54. The number of allylic oxidation sites excluding steroid dienone is 9. The van der Waals surface area contributed by atoms with Crippen LogP contribution in [0.5, 0.6) is 0 Å². The highest BCUT2D eigenvalue weighted by Gasteiger charge is 2.19. The van der Waals surface area contributed by atoms with Gasteiger partial charge < -0.3 is 9.47 Å². The fraction of sp³-hybridized carbons (Fsp3) is 0.125. The summed E-state index contributed by atoms with van der Waals surface area (Å²) in [7, 11) is 0. The van der Waals surface area contributed by atoms with Crippen LogP contribution in [0.2, 0.25) is 0 Å². The molecule has 0 N–H and O–H groups in total. The number of para-hydroxylation sites is 1. The van der Waals surface area contributed by atoms with E-state index in [1.165, 1.54) is 61.2 Å². The summed E-state index contributed by atoms with van der Waals surface area (Å²) >= 11 is 0. The van der Waals surface area contributed by atoms with Crippen molar-refractivity contribution in [3.63, 3.8) is 0 Å². The second kappa shape index (κ2) is 13.2. The van der Waals surface area contributed by atoms with Crippen LogP contribution < -0.4 is 4.90 Å². The lowest BCUT2D eigenvalue weighted by Gasteiger charge is -2.26. The number of aromatic nitrogens is 1. The minimum Gasteiger partial charge on any atom is -0.311 e. The first-order valence-corrected chi connectivity index (χ1v) is 18.0. The zero-order chi connectivity index (χ0) is 33.3. The lowest BCUT2D eigenvalue weighted by molar-refractivity contribution is 0.967. The van der Waals surface area contributed by atoms with Crippen molar-refractivity contribution < 1.29 is 0 Å². The first kappa shape index (κ1) is 30.2. The zero-order valence-electron chi connectivity index (χ0n) is 28.3. The maximum Gasteiger partial charge on any atom is 0.0537 e. The molecule has 0 saturated carbocycles. The van der Waals surface area contributed by atoms with Crippen LogP contribution in [0.3, 0.4) is 0 Å². The van der Waals surface area contributed by atoms with Gasteiger partial charge in [0, 0.05) is 33.8 Å². The van der Waals surface area contributed by atoms with Gasteiger partial charge in [-0.25, -0.2) is 0 Å². The first-order chi connectivity index (χ1) is 24.8. The summed E-state index contributed by atoms with van der Waals surface area (Å²) in [6.45, 7) is 0. The van der Waals surface area contributed by atoms with Crippen molar-refractivity contribution in [3.05, 3.63) is 186 Å². The van der Waals surface area contributed by atoms with Gasteiger partial charge in [0.25, 0.3) is 0 Å². The fourth-order valence-corrected chi connectivity index (χ4v) is 7.82. The van der Waals surface area contributed by atoms with E-state index >= 15 is 0 Å². The van der Waals surface area contributed by atoms with E-state index in [2.05, 4.69) is 179 Å². The van der Waals surface area contributed by atoms with Crippen LogP contribution in [-0.2, 0) is 6.42 Å². The van der Waals surface area contributed by atoms with E-state index in [4.69, 9.17) is 0 Å². The summed E-state index contributed by atoms with van der Waals surface area (Å²) in [5.74, 6) is 0. The number of aryl methyl sites for hydroxylation is 1. The minimum atomic E-state index is 1.09. The second-order valence-corrected chi connectivity index (χ2v) is 13.5. The predicted molar refractivity (Wildman–Crippen MR) is 213 cm³/mol. The number of nitrogens with zero attached hydrogens (tertiary/aromatic N) is 2. The summed E-state index contributed by atoms with van der Waals surface area (Å²) in [6, 6.07) is 45.0. The molecule has 9 rings (SSSR count). The third kappa shape index (κ3) is 5.67. The molecule has 1 aromatic heterocycles. The molecular weight excluding hydrogens is 605 g/mol. The summed E-state index contributed by atoms with van der Waals surface area (Å²) in [5.41, 5.74) is 16.4. The third-order valence-electron chi connectivity index (χ3n) is 10.4. The molecule has 0 spiro atoms. The molecule has 0 amide bonds. The third-order valence-corrected chi connectivity index (χ3v) is 10.4. The molecule has 0 atom stereocenters. The summed E-state index contributed by atoms with van der Waals surface area (Å²) in [5, 5.41) is 1.37. The number of fused-ring (bicyclic) bond motifs is 3. The molecule has 0 radical (unpaired) electrons. The molecule has 0 aliphatic heterocycles. The highest BCUT2D eigenvalue weighted by molar-refractivity contribution is 5.91. The van der Waals surface area contributed by atoms with Crippen molar-refractivity contribution in [2.24, 2.45) is 0 Å². The van der Waals surface area contributed by atoms with Crippen molar-refractivity contribution in [2.75, 3.05) is 4.90 Å². The Labute approximate surface area is 295 Å². The molecule has 3 aliphatic carbocycles. The van der Waals surface area contributed by atoms with Crippen molar-refractivity contribution in [1.29, 1.82) is 0 Å². The van der Waals surface area contributed by atoms with Crippen LogP contribution >= 0.6 is 0 Å². The van der Waals surface area contributed by atoms with Gasteiger partial charge in [-0.2, -0.15) is 0 Å². The predicted octanol–water partition coefficient (Wildman–Crippen LogP) is 13.2. The molecule has 50 heavy (non-hydrogen) atoms. The van der Waals surface area contributed by atoms with Gasteiger partial charge in [0.2, 0.25) is 0 Å². The average molecular weight is 645 g/mol. The number of hydrogen-bond acceptors (Lipinski definition) is 1. The van der Waals surface area contributed by atoms with Crippen molar-refractivity contribution in [3.8, 4) is 16.8 Å². The maximum atomic E-state index is 2.42. The lowest BCUT2D eigenvalue weighted by atomic mass is 9.97. The Morgan fingerprint density at radius 1 is 0.500 bits per heavy atom. The van der Waals surface area contributed by atoms with E-state index in [0.717, 1.165) is 55.6 Å². The standard InChI is InChI=1S/C48H40N2/c1-3-11-35(12-4-1)37-19-27-41(28-20-37)49(42-29-21-38(22-30-42)36-13-5-2-6-14-36)43-31-23-39(24-32-43)40-25-33-44(34-26-40)50-47-17-9-7-15-45(47)46-16-8-10-18-48(46)50/h1,3,5,7,9-11,13-15,17-34H,2,4,6,8,12,16H2. The molecule has 5 aromatic carbocycles. The lowest BCUT2D eigenvalue weighted by Crippen LogP contribution is -2.10. The van der Waals surface area contributed by atoms with Gasteiger partial charge in [0.05, 0.1) is 5.52 Å². The first-order valence-electron chi connectivity index (χ1n) is 18.0. The van der Waals surface area contributed by atoms with Gasteiger partial charge in [-0.15, -0.1) is 0 Å². The van der Waals surface area contributed by atoms with E-state index in [-0.39, 0.29) is 0 Å². The van der Waals surface area contributed by atoms with Gasteiger partial charge in [-0.05, 0) is 138 Å². The van der Waals surface area contributed by atoms with Crippen LogP contribution in [0.4, 0.5) is 17.1 Å². The highest BCUT2D eigenvalue weighted by atomic mass is 15.1. The van der Waals surface area contributed by atoms with E-state index in [1.807, 2.05) is 0 Å². The van der Waals surface area contributed by atoms with Crippen LogP contribution in [0, 0.1) is 0 Å². The maximum absolute atomic E-state index is 2.42. The molecule has 6 aromatic rings.